The standard InChI is InChI=1S/C17H17F3N4O6/c1-23-12(16(27)30-22-23)9-24-6-7-28-13(15(24)26)8-14(25)21-10-2-4-11(5-3-10)29-17(18,19)20/h2-5,13H,6-9H2,1H3,(H-,21,22,25,27)/p+1. The van der Waals surface area contributed by atoms with Crippen molar-refractivity contribution in [1.82, 2.24) is 10.2 Å². The van der Waals surface area contributed by atoms with Crippen LogP contribution in [0, 0.1) is 0 Å². The second-order valence-electron chi connectivity index (χ2n) is 6.43. The minimum atomic E-state index is -4.81. The Kier molecular flexibility index (Phi) is 6.10. The summed E-state index contributed by atoms with van der Waals surface area (Å²) in [7, 11) is 1.56. The molecule has 0 spiro atoms. The summed E-state index contributed by atoms with van der Waals surface area (Å²) in [4.78, 5) is 37.9. The molecule has 162 valence electrons. The third kappa shape index (κ3) is 5.37. The lowest BCUT2D eigenvalue weighted by Gasteiger charge is -2.30. The largest absolute Gasteiger partial charge is 0.573 e. The fourth-order valence-electron chi connectivity index (χ4n) is 2.83. The molecule has 1 fully saturated rings. The lowest BCUT2D eigenvalue weighted by molar-refractivity contribution is -0.746. The van der Waals surface area contributed by atoms with Crippen LogP contribution in [0.2, 0.25) is 0 Å². The molecule has 2 heterocycles. The summed E-state index contributed by atoms with van der Waals surface area (Å²) < 4.78 is 51.6. The Balaban J connectivity index is 1.57. The van der Waals surface area contributed by atoms with Crippen LogP contribution in [0.25, 0.3) is 0 Å². The van der Waals surface area contributed by atoms with Crippen LogP contribution >= 0.6 is 0 Å². The Morgan fingerprint density at radius 2 is 2.03 bits per heavy atom. The predicted octanol–water partition coefficient (Wildman–Crippen LogP) is 0.447. The molecule has 0 saturated carbocycles. The fraction of sp³-hybridized carbons (Fsp3) is 0.412. The van der Waals surface area contributed by atoms with Crippen molar-refractivity contribution in [2.24, 2.45) is 7.05 Å². The molecule has 13 heteroatoms. The highest BCUT2D eigenvalue weighted by Gasteiger charge is 2.34. The zero-order valence-corrected chi connectivity index (χ0v) is 15.7. The Morgan fingerprint density at radius 3 is 2.63 bits per heavy atom. The SMILES string of the molecule is C[n+]1[nH]oc(=O)c1CN1CCOC(CC(=O)Nc2ccc(OC(F)(F)F)cc2)C1=O. The summed E-state index contributed by atoms with van der Waals surface area (Å²) in [6, 6.07) is 4.57. The molecule has 2 amide bonds. The van der Waals surface area contributed by atoms with E-state index < -0.39 is 35.7 Å². The Bertz CT molecular complexity index is 969. The third-order valence-corrected chi connectivity index (χ3v) is 4.27. The first kappa shape index (κ1) is 21.4. The van der Waals surface area contributed by atoms with E-state index in [1.54, 1.807) is 7.05 Å². The molecule has 1 aromatic carbocycles. The van der Waals surface area contributed by atoms with Gasteiger partial charge >= 0.3 is 17.7 Å². The number of aromatic amines is 1. The number of aromatic nitrogens is 2. The molecule has 0 bridgehead atoms. The first-order valence-corrected chi connectivity index (χ1v) is 8.75. The molecule has 1 aliphatic rings. The van der Waals surface area contributed by atoms with Gasteiger partial charge < -0.3 is 19.7 Å². The number of anilines is 1. The summed E-state index contributed by atoms with van der Waals surface area (Å²) in [5, 5.41) is 4.83. The quantitative estimate of drug-likeness (QED) is 0.642. The Labute approximate surface area is 167 Å². The Morgan fingerprint density at radius 1 is 1.33 bits per heavy atom. The molecule has 2 aromatic rings. The number of ether oxygens (including phenoxy) is 2. The monoisotopic (exact) mass is 431 g/mol. The first-order valence-electron chi connectivity index (χ1n) is 8.75. The average Bonchev–Trinajstić information content (AvgIpc) is 2.97. The van der Waals surface area contributed by atoms with E-state index in [1.165, 1.54) is 21.7 Å². The number of hydrogen-bond donors (Lipinski definition) is 2. The number of carbonyl (C=O) groups excluding carboxylic acids is 2. The number of hydrogen-bond acceptors (Lipinski definition) is 6. The van der Waals surface area contributed by atoms with E-state index in [0.29, 0.717) is 0 Å². The van der Waals surface area contributed by atoms with Crippen LogP contribution in [0.4, 0.5) is 18.9 Å². The molecule has 1 aromatic heterocycles. The minimum Gasteiger partial charge on any atom is -0.406 e. The molecule has 1 unspecified atom stereocenters. The number of alkyl halides is 3. The normalized spacial score (nSPS) is 17.1. The smallest absolute Gasteiger partial charge is 0.406 e. The molecular formula is C17H18F3N4O6+. The summed E-state index contributed by atoms with van der Waals surface area (Å²) in [6.07, 6.45) is -6.17. The molecule has 10 nitrogen and oxygen atoms in total. The van der Waals surface area contributed by atoms with Crippen LogP contribution in [-0.4, -0.2) is 47.6 Å². The number of benzene rings is 1. The Hall–Kier alpha value is -3.35. The zero-order valence-electron chi connectivity index (χ0n) is 15.7. The van der Waals surface area contributed by atoms with E-state index in [0.717, 1.165) is 12.1 Å². The van der Waals surface area contributed by atoms with Gasteiger partial charge in [0.25, 0.3) is 5.91 Å². The summed E-state index contributed by atoms with van der Waals surface area (Å²) in [5.74, 6) is -1.46. The lowest BCUT2D eigenvalue weighted by atomic mass is 10.1. The van der Waals surface area contributed by atoms with E-state index in [1.807, 2.05) is 0 Å². The van der Waals surface area contributed by atoms with Gasteiger partial charge in [0.2, 0.25) is 5.91 Å². The number of carbonyl (C=O) groups is 2. The van der Waals surface area contributed by atoms with Gasteiger partial charge in [0, 0.05) is 12.2 Å². The van der Waals surface area contributed by atoms with Gasteiger partial charge in [-0.2, -0.15) is 0 Å². The van der Waals surface area contributed by atoms with Crippen molar-refractivity contribution in [3.8, 4) is 5.75 Å². The van der Waals surface area contributed by atoms with Crippen molar-refractivity contribution in [2.75, 3.05) is 18.5 Å². The number of rotatable bonds is 6. The van der Waals surface area contributed by atoms with Gasteiger partial charge in [-0.05, 0) is 29.5 Å². The van der Waals surface area contributed by atoms with Crippen LogP contribution in [0.3, 0.4) is 0 Å². The van der Waals surface area contributed by atoms with Crippen molar-refractivity contribution in [1.29, 1.82) is 0 Å². The van der Waals surface area contributed by atoms with E-state index in [2.05, 4.69) is 19.8 Å². The average molecular weight is 431 g/mol. The molecule has 1 saturated heterocycles. The van der Waals surface area contributed by atoms with Crippen molar-refractivity contribution in [2.45, 2.75) is 25.4 Å². The molecule has 0 aliphatic carbocycles. The number of H-pyrrole nitrogens is 1. The van der Waals surface area contributed by atoms with Gasteiger partial charge in [0.15, 0.2) is 7.05 Å². The molecular weight excluding hydrogens is 413 g/mol. The maximum atomic E-state index is 12.6. The molecule has 1 aliphatic heterocycles. The van der Waals surface area contributed by atoms with Crippen molar-refractivity contribution < 1.29 is 41.4 Å². The van der Waals surface area contributed by atoms with Gasteiger partial charge in [-0.1, -0.05) is 4.68 Å². The van der Waals surface area contributed by atoms with Crippen molar-refractivity contribution >= 4 is 17.5 Å². The van der Waals surface area contributed by atoms with Gasteiger partial charge in [-0.3, -0.25) is 14.1 Å². The highest BCUT2D eigenvalue weighted by molar-refractivity contribution is 5.95. The van der Waals surface area contributed by atoms with Crippen LogP contribution in [-0.2, 0) is 27.9 Å². The maximum absolute atomic E-state index is 12.6. The third-order valence-electron chi connectivity index (χ3n) is 4.27. The summed E-state index contributed by atoms with van der Waals surface area (Å²) >= 11 is 0. The molecule has 0 radical (unpaired) electrons. The highest BCUT2D eigenvalue weighted by atomic mass is 19.4. The maximum Gasteiger partial charge on any atom is 0.573 e. The molecule has 2 N–H and O–H groups in total. The van der Waals surface area contributed by atoms with E-state index >= 15 is 0 Å². The van der Waals surface area contributed by atoms with E-state index in [9.17, 15) is 27.6 Å². The predicted molar refractivity (Wildman–Crippen MR) is 92.0 cm³/mol. The van der Waals surface area contributed by atoms with Crippen LogP contribution in [0.15, 0.2) is 33.6 Å². The van der Waals surface area contributed by atoms with Crippen molar-refractivity contribution in [3.63, 3.8) is 0 Å². The first-order chi connectivity index (χ1) is 14.1. The number of nitrogens with zero attached hydrogens (tertiary/aromatic N) is 2. The topological polar surface area (TPSA) is 118 Å². The van der Waals surface area contributed by atoms with Gasteiger partial charge in [-0.15, -0.1) is 13.2 Å². The van der Waals surface area contributed by atoms with E-state index in [4.69, 9.17) is 4.74 Å². The van der Waals surface area contributed by atoms with Gasteiger partial charge in [0.1, 0.15) is 18.4 Å². The van der Waals surface area contributed by atoms with Crippen LogP contribution < -0.4 is 20.4 Å². The van der Waals surface area contributed by atoms with E-state index in [-0.39, 0.29) is 37.5 Å². The van der Waals surface area contributed by atoms with Crippen molar-refractivity contribution in [3.05, 3.63) is 40.4 Å². The molecule has 30 heavy (non-hydrogen) atoms. The zero-order chi connectivity index (χ0) is 21.9. The van der Waals surface area contributed by atoms with Crippen LogP contribution in [0.1, 0.15) is 12.1 Å². The molecule has 3 rings (SSSR count). The number of halogens is 3. The second-order valence-corrected chi connectivity index (χ2v) is 6.43. The highest BCUT2D eigenvalue weighted by Crippen LogP contribution is 2.24. The summed E-state index contributed by atoms with van der Waals surface area (Å²) in [5.41, 5.74) is -0.148. The summed E-state index contributed by atoms with van der Waals surface area (Å²) in [6.45, 7) is 0.401. The fourth-order valence-corrected chi connectivity index (χ4v) is 2.83. The molecule has 1 atom stereocenters. The van der Waals surface area contributed by atoms with Gasteiger partial charge in [-0.25, -0.2) is 4.79 Å². The number of aryl methyl sites for hydroxylation is 1. The minimum absolute atomic E-state index is 0.0106. The lowest BCUT2D eigenvalue weighted by Crippen LogP contribution is -2.50. The second kappa shape index (κ2) is 8.57. The number of nitrogens with one attached hydrogen (secondary N) is 2. The van der Waals surface area contributed by atoms with Gasteiger partial charge in [0.05, 0.1) is 13.0 Å². The van der Waals surface area contributed by atoms with Crippen LogP contribution in [0.5, 0.6) is 5.75 Å². The number of morpholine rings is 1. The number of amides is 2.